The van der Waals surface area contributed by atoms with Crippen molar-refractivity contribution in [2.24, 2.45) is 5.92 Å². The number of aliphatic hydroxyl groups excluding tert-OH is 1. The number of hydrogen-bond donors (Lipinski definition) is 1. The van der Waals surface area contributed by atoms with Crippen LogP contribution < -0.4 is 0 Å². The molecule has 2 nitrogen and oxygen atoms in total. The van der Waals surface area contributed by atoms with E-state index in [4.69, 9.17) is 0 Å². The average molecular weight is 261 g/mol. The van der Waals surface area contributed by atoms with Crippen LogP contribution in [0.1, 0.15) is 44.1 Å². The van der Waals surface area contributed by atoms with Crippen LogP contribution in [0.4, 0.5) is 0 Å². The van der Waals surface area contributed by atoms with Gasteiger partial charge in [-0.15, -0.1) is 0 Å². The Kier molecular flexibility index (Phi) is 5.87. The van der Waals surface area contributed by atoms with Gasteiger partial charge in [0.25, 0.3) is 0 Å². The van der Waals surface area contributed by atoms with Gasteiger partial charge in [-0.1, -0.05) is 50.1 Å². The number of benzene rings is 1. The molecule has 1 fully saturated rings. The molecule has 1 saturated heterocycles. The van der Waals surface area contributed by atoms with Crippen LogP contribution in [-0.4, -0.2) is 36.2 Å². The summed E-state index contributed by atoms with van der Waals surface area (Å²) >= 11 is 0. The lowest BCUT2D eigenvalue weighted by molar-refractivity contribution is 0.101. The minimum Gasteiger partial charge on any atom is -0.396 e. The Morgan fingerprint density at radius 2 is 2.00 bits per heavy atom. The van der Waals surface area contributed by atoms with Crippen molar-refractivity contribution in [2.75, 3.05) is 26.2 Å². The number of unbranched alkanes of at least 4 members (excludes halogenated alkanes) is 2. The van der Waals surface area contributed by atoms with Crippen molar-refractivity contribution >= 4 is 0 Å². The van der Waals surface area contributed by atoms with Crippen LogP contribution in [0.2, 0.25) is 0 Å². The fourth-order valence-corrected chi connectivity index (χ4v) is 3.22. The van der Waals surface area contributed by atoms with E-state index in [2.05, 4.69) is 42.2 Å². The average Bonchev–Trinajstić information content (AvgIpc) is 2.48. The minimum atomic E-state index is 0.309. The molecular formula is C17H27NO. The first-order chi connectivity index (χ1) is 9.35. The maximum Gasteiger partial charge on any atom is 0.0477 e. The number of hydrogen-bond acceptors (Lipinski definition) is 2. The van der Waals surface area contributed by atoms with Crippen LogP contribution in [0.25, 0.3) is 0 Å². The van der Waals surface area contributed by atoms with E-state index in [1.54, 1.807) is 0 Å². The van der Waals surface area contributed by atoms with Crippen molar-refractivity contribution in [3.05, 3.63) is 35.9 Å². The molecule has 1 aromatic rings. The van der Waals surface area contributed by atoms with Crippen molar-refractivity contribution in [1.82, 2.24) is 4.90 Å². The summed E-state index contributed by atoms with van der Waals surface area (Å²) in [5.74, 6) is 0.936. The maximum atomic E-state index is 9.69. The highest BCUT2D eigenvalue weighted by Gasteiger charge is 2.29. The SMILES string of the molecule is CCCCCN1CC[C@H](c2ccccc2)[C@H](CO)C1. The van der Waals surface area contributed by atoms with Crippen LogP contribution in [0, 0.1) is 5.92 Å². The van der Waals surface area contributed by atoms with Crippen molar-refractivity contribution < 1.29 is 5.11 Å². The standard InChI is InChI=1S/C17H27NO/c1-2-3-7-11-18-12-10-17(16(13-18)14-19)15-8-5-4-6-9-15/h4-6,8-9,16-17,19H,2-3,7,10-14H2,1H3/t16-,17+/m0/s1. The van der Waals surface area contributed by atoms with E-state index in [1.807, 2.05) is 0 Å². The molecule has 0 saturated carbocycles. The first kappa shape index (κ1) is 14.5. The van der Waals surface area contributed by atoms with E-state index in [0.29, 0.717) is 18.4 Å². The second-order valence-electron chi connectivity index (χ2n) is 5.76. The van der Waals surface area contributed by atoms with Crippen LogP contribution >= 0.6 is 0 Å². The predicted octanol–water partition coefficient (Wildman–Crippen LogP) is 3.27. The summed E-state index contributed by atoms with van der Waals surface area (Å²) < 4.78 is 0. The third-order valence-electron chi connectivity index (χ3n) is 4.36. The van der Waals surface area contributed by atoms with Gasteiger partial charge in [-0.25, -0.2) is 0 Å². The third kappa shape index (κ3) is 4.05. The molecule has 0 bridgehead atoms. The molecule has 2 atom stereocenters. The van der Waals surface area contributed by atoms with E-state index < -0.39 is 0 Å². The zero-order valence-corrected chi connectivity index (χ0v) is 12.1. The van der Waals surface area contributed by atoms with Gasteiger partial charge in [-0.05, 0) is 37.4 Å². The Hall–Kier alpha value is -0.860. The largest absolute Gasteiger partial charge is 0.396 e. The van der Waals surface area contributed by atoms with Crippen LogP contribution in [0.15, 0.2) is 30.3 Å². The molecule has 1 heterocycles. The molecule has 0 unspecified atom stereocenters. The topological polar surface area (TPSA) is 23.5 Å². The van der Waals surface area contributed by atoms with Crippen LogP contribution in [0.3, 0.4) is 0 Å². The molecule has 0 aromatic heterocycles. The van der Waals surface area contributed by atoms with E-state index in [9.17, 15) is 5.11 Å². The first-order valence-electron chi connectivity index (χ1n) is 7.73. The lowest BCUT2D eigenvalue weighted by atomic mass is 9.81. The van der Waals surface area contributed by atoms with Gasteiger partial charge in [-0.2, -0.15) is 0 Å². The molecule has 1 N–H and O–H groups in total. The second-order valence-corrected chi connectivity index (χ2v) is 5.76. The number of nitrogens with zero attached hydrogens (tertiary/aromatic N) is 1. The predicted molar refractivity (Wildman–Crippen MR) is 80.3 cm³/mol. The van der Waals surface area contributed by atoms with Gasteiger partial charge < -0.3 is 10.0 Å². The van der Waals surface area contributed by atoms with E-state index in [-0.39, 0.29) is 0 Å². The number of piperidine rings is 1. The molecule has 0 aliphatic carbocycles. The smallest absolute Gasteiger partial charge is 0.0477 e. The van der Waals surface area contributed by atoms with Gasteiger partial charge in [0.1, 0.15) is 0 Å². The Morgan fingerprint density at radius 3 is 2.68 bits per heavy atom. The summed E-state index contributed by atoms with van der Waals surface area (Å²) in [6.45, 7) is 5.99. The Balaban J connectivity index is 1.91. The molecule has 0 radical (unpaired) electrons. The Morgan fingerprint density at radius 1 is 1.21 bits per heavy atom. The number of aliphatic hydroxyl groups is 1. The summed E-state index contributed by atoms with van der Waals surface area (Å²) in [5.41, 5.74) is 1.40. The monoisotopic (exact) mass is 261 g/mol. The maximum absolute atomic E-state index is 9.69. The first-order valence-corrected chi connectivity index (χ1v) is 7.73. The summed E-state index contributed by atoms with van der Waals surface area (Å²) in [6.07, 6.45) is 5.08. The summed E-state index contributed by atoms with van der Waals surface area (Å²) in [4.78, 5) is 2.54. The fourth-order valence-electron chi connectivity index (χ4n) is 3.22. The second kappa shape index (κ2) is 7.66. The number of likely N-dealkylation sites (tertiary alicyclic amines) is 1. The molecule has 106 valence electrons. The van der Waals surface area contributed by atoms with Crippen LogP contribution in [0.5, 0.6) is 0 Å². The van der Waals surface area contributed by atoms with Crippen molar-refractivity contribution in [3.8, 4) is 0 Å². The number of rotatable bonds is 6. The Bertz CT molecular complexity index is 352. The molecule has 1 aliphatic rings. The molecule has 19 heavy (non-hydrogen) atoms. The molecule has 1 aromatic carbocycles. The molecule has 0 spiro atoms. The van der Waals surface area contributed by atoms with Crippen LogP contribution in [-0.2, 0) is 0 Å². The molecule has 0 amide bonds. The lowest BCUT2D eigenvalue weighted by Crippen LogP contribution is -2.41. The summed E-state index contributed by atoms with van der Waals surface area (Å²) in [7, 11) is 0. The quantitative estimate of drug-likeness (QED) is 0.794. The fraction of sp³-hybridized carbons (Fsp3) is 0.647. The van der Waals surface area contributed by atoms with E-state index >= 15 is 0 Å². The summed E-state index contributed by atoms with van der Waals surface area (Å²) in [5, 5.41) is 9.69. The van der Waals surface area contributed by atoms with Gasteiger partial charge in [-0.3, -0.25) is 0 Å². The van der Waals surface area contributed by atoms with Crippen molar-refractivity contribution in [1.29, 1.82) is 0 Å². The molecule has 2 rings (SSSR count). The highest BCUT2D eigenvalue weighted by molar-refractivity contribution is 5.21. The van der Waals surface area contributed by atoms with E-state index in [1.165, 1.54) is 44.3 Å². The highest BCUT2D eigenvalue weighted by Crippen LogP contribution is 2.32. The lowest BCUT2D eigenvalue weighted by Gasteiger charge is -2.38. The molecule has 1 aliphatic heterocycles. The van der Waals surface area contributed by atoms with E-state index in [0.717, 1.165) is 6.54 Å². The van der Waals surface area contributed by atoms with Gasteiger partial charge in [0, 0.05) is 19.1 Å². The van der Waals surface area contributed by atoms with Gasteiger partial charge in [0.15, 0.2) is 0 Å². The van der Waals surface area contributed by atoms with Gasteiger partial charge in [0.2, 0.25) is 0 Å². The summed E-state index contributed by atoms with van der Waals surface area (Å²) in [6, 6.07) is 10.7. The van der Waals surface area contributed by atoms with Crippen molar-refractivity contribution in [2.45, 2.75) is 38.5 Å². The third-order valence-corrected chi connectivity index (χ3v) is 4.36. The minimum absolute atomic E-state index is 0.309. The van der Waals surface area contributed by atoms with Gasteiger partial charge in [0.05, 0.1) is 0 Å². The normalized spacial score (nSPS) is 24.5. The van der Waals surface area contributed by atoms with Gasteiger partial charge >= 0.3 is 0 Å². The van der Waals surface area contributed by atoms with Crippen molar-refractivity contribution in [3.63, 3.8) is 0 Å². The Labute approximate surface area is 117 Å². The molecule has 2 heteroatoms. The molecular weight excluding hydrogens is 234 g/mol. The zero-order chi connectivity index (χ0) is 13.5. The highest BCUT2D eigenvalue weighted by atomic mass is 16.3. The zero-order valence-electron chi connectivity index (χ0n) is 12.1.